The van der Waals surface area contributed by atoms with E-state index in [2.05, 4.69) is 12.2 Å². The quantitative estimate of drug-likeness (QED) is 0.680. The Morgan fingerprint density at radius 1 is 1.50 bits per heavy atom. The predicted octanol–water partition coefficient (Wildman–Crippen LogP) is 2.51. The molecule has 1 aliphatic heterocycles. The summed E-state index contributed by atoms with van der Waals surface area (Å²) in [5.74, 6) is 0.363. The Hall–Kier alpha value is -2.11. The van der Waals surface area contributed by atoms with Crippen molar-refractivity contribution in [1.29, 1.82) is 0 Å². The van der Waals surface area contributed by atoms with Gasteiger partial charge in [0.2, 0.25) is 0 Å². The molecule has 1 saturated heterocycles. The van der Waals surface area contributed by atoms with Crippen LogP contribution in [0.3, 0.4) is 0 Å². The number of likely N-dealkylation sites (tertiary alicyclic amines) is 1. The summed E-state index contributed by atoms with van der Waals surface area (Å²) in [6, 6.07) is 4.58. The van der Waals surface area contributed by atoms with E-state index >= 15 is 0 Å². The third kappa shape index (κ3) is 2.89. The Morgan fingerprint density at radius 3 is 2.85 bits per heavy atom. The highest BCUT2D eigenvalue weighted by Gasteiger charge is 2.24. The molecular weight excluding hydrogens is 258 g/mol. The monoisotopic (exact) mass is 277 g/mol. The normalized spacial score (nSPS) is 18.7. The first kappa shape index (κ1) is 14.3. The smallest absolute Gasteiger partial charge is 0.293 e. The molecule has 0 aromatic heterocycles. The number of rotatable bonds is 3. The Kier molecular flexibility index (Phi) is 4.22. The van der Waals surface area contributed by atoms with Gasteiger partial charge in [-0.3, -0.25) is 14.9 Å². The SMILES string of the molecule is CNc1ccc(C(=O)N2CCC[C@H](C)C2)cc1[N+](=O)[O-]. The van der Waals surface area contributed by atoms with Crippen LogP contribution in [-0.4, -0.2) is 35.9 Å². The fourth-order valence-corrected chi connectivity index (χ4v) is 2.58. The highest BCUT2D eigenvalue weighted by molar-refractivity contribution is 5.95. The highest BCUT2D eigenvalue weighted by atomic mass is 16.6. The van der Waals surface area contributed by atoms with Gasteiger partial charge in [0.1, 0.15) is 5.69 Å². The first-order chi connectivity index (χ1) is 9.52. The molecule has 1 heterocycles. The van der Waals surface area contributed by atoms with Gasteiger partial charge in [-0.1, -0.05) is 6.92 Å². The number of amides is 1. The van der Waals surface area contributed by atoms with Crippen LogP contribution in [0.4, 0.5) is 11.4 Å². The molecule has 6 nitrogen and oxygen atoms in total. The lowest BCUT2D eigenvalue weighted by molar-refractivity contribution is -0.384. The van der Waals surface area contributed by atoms with Crippen molar-refractivity contribution >= 4 is 17.3 Å². The Labute approximate surface area is 117 Å². The van der Waals surface area contributed by atoms with Crippen LogP contribution in [0.5, 0.6) is 0 Å². The van der Waals surface area contributed by atoms with Gasteiger partial charge >= 0.3 is 0 Å². The zero-order chi connectivity index (χ0) is 14.7. The van der Waals surface area contributed by atoms with E-state index in [-0.39, 0.29) is 11.6 Å². The van der Waals surface area contributed by atoms with Crippen molar-refractivity contribution in [2.45, 2.75) is 19.8 Å². The molecule has 2 rings (SSSR count). The number of carbonyl (C=O) groups is 1. The summed E-state index contributed by atoms with van der Waals surface area (Å²) < 4.78 is 0. The van der Waals surface area contributed by atoms with Crippen molar-refractivity contribution in [3.05, 3.63) is 33.9 Å². The van der Waals surface area contributed by atoms with Gasteiger partial charge in [-0.15, -0.1) is 0 Å². The third-order valence-corrected chi connectivity index (χ3v) is 3.65. The molecule has 1 aromatic rings. The van der Waals surface area contributed by atoms with Crippen LogP contribution in [0.1, 0.15) is 30.1 Å². The van der Waals surface area contributed by atoms with E-state index in [0.29, 0.717) is 17.2 Å². The van der Waals surface area contributed by atoms with Gasteiger partial charge < -0.3 is 10.2 Å². The largest absolute Gasteiger partial charge is 0.383 e. The Balaban J connectivity index is 2.26. The molecule has 108 valence electrons. The second kappa shape index (κ2) is 5.90. The van der Waals surface area contributed by atoms with Crippen LogP contribution in [0.15, 0.2) is 18.2 Å². The van der Waals surface area contributed by atoms with Crippen LogP contribution < -0.4 is 5.32 Å². The van der Waals surface area contributed by atoms with Crippen LogP contribution >= 0.6 is 0 Å². The number of hydrogen-bond acceptors (Lipinski definition) is 4. The van der Waals surface area contributed by atoms with Crippen LogP contribution in [-0.2, 0) is 0 Å². The lowest BCUT2D eigenvalue weighted by atomic mass is 9.99. The summed E-state index contributed by atoms with van der Waals surface area (Å²) in [7, 11) is 1.62. The minimum Gasteiger partial charge on any atom is -0.383 e. The van der Waals surface area contributed by atoms with E-state index in [9.17, 15) is 14.9 Å². The van der Waals surface area contributed by atoms with Crippen LogP contribution in [0.2, 0.25) is 0 Å². The van der Waals surface area contributed by atoms with Gasteiger partial charge in [-0.2, -0.15) is 0 Å². The van der Waals surface area contributed by atoms with Gasteiger partial charge in [0, 0.05) is 31.8 Å². The number of anilines is 1. The van der Waals surface area contributed by atoms with Crippen LogP contribution in [0.25, 0.3) is 0 Å². The topological polar surface area (TPSA) is 75.5 Å². The second-order valence-electron chi connectivity index (χ2n) is 5.24. The van der Waals surface area contributed by atoms with Gasteiger partial charge in [0.15, 0.2) is 0 Å². The number of piperidine rings is 1. The molecule has 0 saturated carbocycles. The first-order valence-corrected chi connectivity index (χ1v) is 6.78. The summed E-state index contributed by atoms with van der Waals surface area (Å²) in [6.07, 6.45) is 2.12. The molecule has 1 fully saturated rings. The van der Waals surface area contributed by atoms with E-state index in [1.807, 2.05) is 0 Å². The molecule has 20 heavy (non-hydrogen) atoms. The average Bonchev–Trinajstić information content (AvgIpc) is 2.45. The molecule has 1 aromatic carbocycles. The maximum absolute atomic E-state index is 12.4. The second-order valence-corrected chi connectivity index (χ2v) is 5.24. The van der Waals surface area contributed by atoms with Gasteiger partial charge in [-0.25, -0.2) is 0 Å². The van der Waals surface area contributed by atoms with Crippen molar-refractivity contribution in [2.24, 2.45) is 5.92 Å². The zero-order valence-corrected chi connectivity index (χ0v) is 11.8. The maximum Gasteiger partial charge on any atom is 0.293 e. The summed E-state index contributed by atoms with van der Waals surface area (Å²) in [5, 5.41) is 13.8. The van der Waals surface area contributed by atoms with E-state index in [4.69, 9.17) is 0 Å². The Bertz CT molecular complexity index is 530. The molecule has 0 bridgehead atoms. The third-order valence-electron chi connectivity index (χ3n) is 3.65. The minimum atomic E-state index is -0.471. The summed E-state index contributed by atoms with van der Waals surface area (Å²) in [4.78, 5) is 24.7. The van der Waals surface area contributed by atoms with Gasteiger partial charge in [-0.05, 0) is 30.9 Å². The van der Waals surface area contributed by atoms with Crippen molar-refractivity contribution in [3.8, 4) is 0 Å². The molecule has 1 atom stereocenters. The molecule has 1 aliphatic rings. The molecule has 0 aliphatic carbocycles. The van der Waals surface area contributed by atoms with Crippen LogP contribution in [0, 0.1) is 16.0 Å². The maximum atomic E-state index is 12.4. The molecular formula is C14H19N3O3. The van der Waals surface area contributed by atoms with Gasteiger partial charge in [0.05, 0.1) is 4.92 Å². The summed E-state index contributed by atoms with van der Waals surface area (Å²) in [5.41, 5.74) is 0.728. The average molecular weight is 277 g/mol. The molecule has 1 N–H and O–H groups in total. The van der Waals surface area contributed by atoms with E-state index in [1.165, 1.54) is 6.07 Å². The number of benzene rings is 1. The number of nitro groups is 1. The number of nitrogens with zero attached hydrogens (tertiary/aromatic N) is 2. The van der Waals surface area contributed by atoms with Gasteiger partial charge in [0.25, 0.3) is 11.6 Å². The standard InChI is InChI=1S/C14H19N3O3/c1-10-4-3-7-16(9-10)14(18)11-5-6-12(15-2)13(8-11)17(19)20/h5-6,8,10,15H,3-4,7,9H2,1-2H3/t10-/m0/s1. The number of nitrogens with one attached hydrogen (secondary N) is 1. The van der Waals surface area contributed by atoms with Crippen molar-refractivity contribution < 1.29 is 9.72 Å². The summed E-state index contributed by atoms with van der Waals surface area (Å²) >= 11 is 0. The number of carbonyl (C=O) groups excluding carboxylic acids is 1. The fourth-order valence-electron chi connectivity index (χ4n) is 2.58. The van der Waals surface area contributed by atoms with Crippen molar-refractivity contribution in [3.63, 3.8) is 0 Å². The Morgan fingerprint density at radius 2 is 2.25 bits per heavy atom. The molecule has 0 unspecified atom stereocenters. The van der Waals surface area contributed by atoms with Crippen molar-refractivity contribution in [2.75, 3.05) is 25.5 Å². The first-order valence-electron chi connectivity index (χ1n) is 6.78. The molecule has 6 heteroatoms. The molecule has 0 radical (unpaired) electrons. The fraction of sp³-hybridized carbons (Fsp3) is 0.500. The van der Waals surface area contributed by atoms with Crippen molar-refractivity contribution in [1.82, 2.24) is 4.90 Å². The van der Waals surface area contributed by atoms with E-state index in [1.54, 1.807) is 24.1 Å². The number of nitro benzene ring substituents is 1. The van der Waals surface area contributed by atoms with E-state index in [0.717, 1.165) is 25.9 Å². The zero-order valence-electron chi connectivity index (χ0n) is 11.8. The lowest BCUT2D eigenvalue weighted by Crippen LogP contribution is -2.39. The summed E-state index contributed by atoms with van der Waals surface area (Å²) in [6.45, 7) is 3.57. The van der Waals surface area contributed by atoms with E-state index < -0.39 is 4.92 Å². The predicted molar refractivity (Wildman–Crippen MR) is 76.9 cm³/mol. The molecule has 0 spiro atoms. The minimum absolute atomic E-state index is 0.0663. The lowest BCUT2D eigenvalue weighted by Gasteiger charge is -2.31. The molecule has 1 amide bonds. The number of hydrogen-bond donors (Lipinski definition) is 1. The highest BCUT2D eigenvalue weighted by Crippen LogP contribution is 2.26.